The third-order valence-electron chi connectivity index (χ3n) is 3.47. The first-order chi connectivity index (χ1) is 7.86. The number of hydrogen-bond acceptors (Lipinski definition) is 3. The highest BCUT2D eigenvalue weighted by Gasteiger charge is 2.29. The van der Waals surface area contributed by atoms with Gasteiger partial charge < -0.3 is 10.2 Å². The van der Waals surface area contributed by atoms with E-state index in [1.165, 1.54) is 0 Å². The van der Waals surface area contributed by atoms with Gasteiger partial charge in [0.05, 0.1) is 0 Å². The number of hydrogen-bond donors (Lipinski definition) is 1. The SMILES string of the molecule is CNCC(C)C(=O)N1CCN(C(C)(C)C)CC1. The third-order valence-corrected chi connectivity index (χ3v) is 3.47. The van der Waals surface area contributed by atoms with Gasteiger partial charge in [-0.1, -0.05) is 6.92 Å². The summed E-state index contributed by atoms with van der Waals surface area (Å²) in [6, 6.07) is 0. The molecular weight excluding hydrogens is 214 g/mol. The summed E-state index contributed by atoms with van der Waals surface area (Å²) in [5, 5.41) is 3.06. The molecule has 100 valence electrons. The first kappa shape index (κ1) is 14.5. The summed E-state index contributed by atoms with van der Waals surface area (Å²) >= 11 is 0. The molecule has 1 amide bonds. The highest BCUT2D eigenvalue weighted by Crippen LogP contribution is 2.16. The molecule has 4 nitrogen and oxygen atoms in total. The van der Waals surface area contributed by atoms with Gasteiger partial charge in [-0.3, -0.25) is 9.69 Å². The largest absolute Gasteiger partial charge is 0.340 e. The van der Waals surface area contributed by atoms with E-state index in [2.05, 4.69) is 31.0 Å². The molecule has 1 fully saturated rings. The standard InChI is InChI=1S/C13H27N3O/c1-11(10-14-5)12(17)15-6-8-16(9-7-15)13(2,3)4/h11,14H,6-10H2,1-5H3. The van der Waals surface area contributed by atoms with E-state index in [1.54, 1.807) is 0 Å². The molecule has 1 atom stereocenters. The van der Waals surface area contributed by atoms with Crippen molar-refractivity contribution >= 4 is 5.91 Å². The Kier molecular flexibility index (Phi) is 4.95. The van der Waals surface area contributed by atoms with E-state index >= 15 is 0 Å². The van der Waals surface area contributed by atoms with Crippen molar-refractivity contribution in [3.63, 3.8) is 0 Å². The molecular formula is C13H27N3O. The van der Waals surface area contributed by atoms with Crippen molar-refractivity contribution in [3.8, 4) is 0 Å². The van der Waals surface area contributed by atoms with E-state index in [4.69, 9.17) is 0 Å². The Hall–Kier alpha value is -0.610. The van der Waals surface area contributed by atoms with Crippen LogP contribution in [0.5, 0.6) is 0 Å². The van der Waals surface area contributed by atoms with E-state index in [-0.39, 0.29) is 17.4 Å². The molecule has 0 radical (unpaired) electrons. The van der Waals surface area contributed by atoms with E-state index < -0.39 is 0 Å². The smallest absolute Gasteiger partial charge is 0.226 e. The molecule has 1 heterocycles. The number of rotatable bonds is 3. The van der Waals surface area contributed by atoms with E-state index in [0.717, 1.165) is 32.7 Å². The summed E-state index contributed by atoms with van der Waals surface area (Å²) in [4.78, 5) is 16.6. The molecule has 1 unspecified atom stereocenters. The lowest BCUT2D eigenvalue weighted by Gasteiger charge is -2.42. The second kappa shape index (κ2) is 5.83. The molecule has 1 aliphatic heterocycles. The van der Waals surface area contributed by atoms with Gasteiger partial charge >= 0.3 is 0 Å². The molecule has 1 N–H and O–H groups in total. The third kappa shape index (κ3) is 3.96. The molecule has 0 spiro atoms. The first-order valence-electron chi connectivity index (χ1n) is 6.54. The first-order valence-corrected chi connectivity index (χ1v) is 6.54. The van der Waals surface area contributed by atoms with Crippen LogP contribution in [0.4, 0.5) is 0 Å². The number of piperazine rings is 1. The molecule has 0 aromatic heterocycles. The molecule has 0 aromatic rings. The van der Waals surface area contributed by atoms with Crippen LogP contribution in [0.25, 0.3) is 0 Å². The monoisotopic (exact) mass is 241 g/mol. The summed E-state index contributed by atoms with van der Waals surface area (Å²) < 4.78 is 0. The van der Waals surface area contributed by atoms with Crippen LogP contribution in [-0.4, -0.2) is 61.0 Å². The lowest BCUT2D eigenvalue weighted by Crippen LogP contribution is -2.55. The van der Waals surface area contributed by atoms with Crippen LogP contribution in [0.1, 0.15) is 27.7 Å². The second-order valence-corrected chi connectivity index (χ2v) is 5.94. The Morgan fingerprint density at radius 3 is 2.18 bits per heavy atom. The molecule has 1 saturated heterocycles. The van der Waals surface area contributed by atoms with Crippen LogP contribution in [0.3, 0.4) is 0 Å². The maximum absolute atomic E-state index is 12.1. The van der Waals surface area contributed by atoms with Crippen molar-refractivity contribution in [2.75, 3.05) is 39.8 Å². The highest BCUT2D eigenvalue weighted by molar-refractivity contribution is 5.78. The van der Waals surface area contributed by atoms with Crippen LogP contribution in [0, 0.1) is 5.92 Å². The van der Waals surface area contributed by atoms with Gasteiger partial charge in [0.25, 0.3) is 0 Å². The van der Waals surface area contributed by atoms with Crippen molar-refractivity contribution in [3.05, 3.63) is 0 Å². The molecule has 4 heteroatoms. The van der Waals surface area contributed by atoms with Crippen molar-refractivity contribution in [1.82, 2.24) is 15.1 Å². The summed E-state index contributed by atoms with van der Waals surface area (Å²) in [5.74, 6) is 0.370. The Balaban J connectivity index is 2.44. The van der Waals surface area contributed by atoms with Gasteiger partial charge in [0.15, 0.2) is 0 Å². The van der Waals surface area contributed by atoms with Gasteiger partial charge in [-0.15, -0.1) is 0 Å². The Bertz CT molecular complexity index is 252. The van der Waals surface area contributed by atoms with Crippen LogP contribution in [0.15, 0.2) is 0 Å². The summed E-state index contributed by atoms with van der Waals surface area (Å²) in [7, 11) is 1.89. The molecule has 0 aliphatic carbocycles. The molecule has 0 aromatic carbocycles. The van der Waals surface area contributed by atoms with Gasteiger partial charge in [-0.2, -0.15) is 0 Å². The number of nitrogens with one attached hydrogen (secondary N) is 1. The van der Waals surface area contributed by atoms with Gasteiger partial charge in [-0.05, 0) is 27.8 Å². The number of carbonyl (C=O) groups is 1. The normalized spacial score (nSPS) is 20.4. The fraction of sp³-hybridized carbons (Fsp3) is 0.923. The lowest BCUT2D eigenvalue weighted by atomic mass is 10.0. The van der Waals surface area contributed by atoms with Crippen LogP contribution < -0.4 is 5.32 Å². The summed E-state index contributed by atoms with van der Waals surface area (Å²) in [6.07, 6.45) is 0. The highest BCUT2D eigenvalue weighted by atomic mass is 16.2. The fourth-order valence-corrected chi connectivity index (χ4v) is 2.30. The zero-order chi connectivity index (χ0) is 13.1. The van der Waals surface area contributed by atoms with Crippen molar-refractivity contribution in [1.29, 1.82) is 0 Å². The Morgan fingerprint density at radius 1 is 1.24 bits per heavy atom. The van der Waals surface area contributed by atoms with Crippen molar-refractivity contribution in [2.45, 2.75) is 33.2 Å². The zero-order valence-corrected chi connectivity index (χ0v) is 11.9. The maximum atomic E-state index is 12.1. The fourth-order valence-electron chi connectivity index (χ4n) is 2.30. The maximum Gasteiger partial charge on any atom is 0.226 e. The van der Waals surface area contributed by atoms with Crippen molar-refractivity contribution in [2.24, 2.45) is 5.92 Å². The number of amides is 1. The minimum Gasteiger partial charge on any atom is -0.340 e. The number of carbonyl (C=O) groups excluding carboxylic acids is 1. The summed E-state index contributed by atoms with van der Waals surface area (Å²) in [5.41, 5.74) is 0.214. The predicted octanol–water partition coefficient (Wildman–Crippen LogP) is 0.785. The van der Waals surface area contributed by atoms with Gasteiger partial charge in [0.1, 0.15) is 0 Å². The van der Waals surface area contributed by atoms with E-state index in [9.17, 15) is 4.79 Å². The molecule has 17 heavy (non-hydrogen) atoms. The molecule has 1 rings (SSSR count). The quantitative estimate of drug-likeness (QED) is 0.793. The zero-order valence-electron chi connectivity index (χ0n) is 11.9. The molecule has 1 aliphatic rings. The lowest BCUT2D eigenvalue weighted by molar-refractivity contribution is -0.137. The number of nitrogens with zero attached hydrogens (tertiary/aromatic N) is 2. The van der Waals surface area contributed by atoms with E-state index in [0.29, 0.717) is 0 Å². The average molecular weight is 241 g/mol. The van der Waals surface area contributed by atoms with Gasteiger partial charge in [-0.25, -0.2) is 0 Å². The van der Waals surface area contributed by atoms with Crippen LogP contribution in [-0.2, 0) is 4.79 Å². The molecule has 0 saturated carbocycles. The van der Waals surface area contributed by atoms with Crippen molar-refractivity contribution < 1.29 is 4.79 Å². The Labute approximate surface area is 105 Å². The van der Waals surface area contributed by atoms with Gasteiger partial charge in [0, 0.05) is 44.2 Å². The minimum absolute atomic E-state index is 0.0844. The topological polar surface area (TPSA) is 35.6 Å². The Morgan fingerprint density at radius 2 is 1.76 bits per heavy atom. The summed E-state index contributed by atoms with van der Waals surface area (Å²) in [6.45, 7) is 13.2. The van der Waals surface area contributed by atoms with Crippen LogP contribution >= 0.6 is 0 Å². The molecule has 0 bridgehead atoms. The van der Waals surface area contributed by atoms with Gasteiger partial charge in [0.2, 0.25) is 5.91 Å². The second-order valence-electron chi connectivity index (χ2n) is 5.94. The predicted molar refractivity (Wildman–Crippen MR) is 71.0 cm³/mol. The minimum atomic E-state index is 0.0844. The average Bonchev–Trinajstić information content (AvgIpc) is 2.27. The van der Waals surface area contributed by atoms with Crippen LogP contribution in [0.2, 0.25) is 0 Å². The van der Waals surface area contributed by atoms with E-state index in [1.807, 2.05) is 18.9 Å².